The van der Waals surface area contributed by atoms with Gasteiger partial charge in [0.15, 0.2) is 10.4 Å². The highest BCUT2D eigenvalue weighted by atomic mass is 35.5. The highest BCUT2D eigenvalue weighted by Gasteiger charge is 2.10. The van der Waals surface area contributed by atoms with E-state index < -0.39 is 5.82 Å². The monoisotopic (exact) mass is 304 g/mol. The third kappa shape index (κ3) is 1.97. The molecule has 1 N–H and O–H groups in total. The molecular formula is C13H6ClFN4S. The molecule has 3 rings (SSSR count). The van der Waals surface area contributed by atoms with Gasteiger partial charge < -0.3 is 4.98 Å². The molecule has 0 radical (unpaired) electrons. The van der Waals surface area contributed by atoms with Crippen LogP contribution in [0, 0.1) is 21.9 Å². The molecule has 0 aliphatic carbocycles. The van der Waals surface area contributed by atoms with Crippen molar-refractivity contribution in [2.45, 2.75) is 0 Å². The van der Waals surface area contributed by atoms with Crippen LogP contribution in [0.5, 0.6) is 0 Å². The molecule has 0 saturated carbocycles. The van der Waals surface area contributed by atoms with Crippen LogP contribution in [0.4, 0.5) is 4.39 Å². The number of imidazole rings is 1. The summed E-state index contributed by atoms with van der Waals surface area (Å²) in [6, 6.07) is 7.69. The van der Waals surface area contributed by atoms with Crippen LogP contribution < -0.4 is 0 Å². The van der Waals surface area contributed by atoms with E-state index in [-0.39, 0.29) is 5.56 Å². The Bertz CT molecular complexity index is 922. The maximum Gasteiger partial charge on any atom is 0.183 e. The summed E-state index contributed by atoms with van der Waals surface area (Å²) in [4.78, 5) is 7.18. The SMILES string of the molecule is N#Cc1cc(-n2c(=S)[nH]c3cc(Cl)cnc32)ccc1F. The van der Waals surface area contributed by atoms with E-state index in [1.165, 1.54) is 24.4 Å². The minimum atomic E-state index is -0.571. The summed E-state index contributed by atoms with van der Waals surface area (Å²) in [6.45, 7) is 0. The Morgan fingerprint density at radius 2 is 2.20 bits per heavy atom. The number of halogens is 2. The van der Waals surface area contributed by atoms with Gasteiger partial charge in [0, 0.05) is 6.20 Å². The van der Waals surface area contributed by atoms with Gasteiger partial charge >= 0.3 is 0 Å². The molecule has 98 valence electrons. The molecule has 3 aromatic rings. The predicted octanol–water partition coefficient (Wildman–Crippen LogP) is 3.75. The number of nitrogens with zero attached hydrogens (tertiary/aromatic N) is 3. The molecule has 2 heterocycles. The molecule has 4 nitrogen and oxygen atoms in total. The molecule has 1 aromatic carbocycles. The number of pyridine rings is 1. The number of benzene rings is 1. The van der Waals surface area contributed by atoms with E-state index >= 15 is 0 Å². The van der Waals surface area contributed by atoms with Crippen LogP contribution >= 0.6 is 23.8 Å². The van der Waals surface area contributed by atoms with E-state index in [2.05, 4.69) is 9.97 Å². The second-order valence-corrected chi connectivity index (χ2v) is 4.89. The zero-order chi connectivity index (χ0) is 14.3. The maximum absolute atomic E-state index is 13.4. The van der Waals surface area contributed by atoms with Gasteiger partial charge in [-0.05, 0) is 36.5 Å². The Labute approximate surface area is 123 Å². The van der Waals surface area contributed by atoms with Gasteiger partial charge in [0.2, 0.25) is 0 Å². The summed E-state index contributed by atoms with van der Waals surface area (Å²) in [7, 11) is 0. The number of nitriles is 1. The quantitative estimate of drug-likeness (QED) is 0.697. The Hall–Kier alpha value is -2.23. The Morgan fingerprint density at radius 3 is 2.95 bits per heavy atom. The van der Waals surface area contributed by atoms with Gasteiger partial charge in [0.25, 0.3) is 0 Å². The average Bonchev–Trinajstić information content (AvgIpc) is 2.74. The Morgan fingerprint density at radius 1 is 1.40 bits per heavy atom. The number of hydrogen-bond donors (Lipinski definition) is 1. The number of nitrogens with one attached hydrogen (secondary N) is 1. The van der Waals surface area contributed by atoms with E-state index in [1.54, 1.807) is 16.7 Å². The van der Waals surface area contributed by atoms with Gasteiger partial charge in [-0.15, -0.1) is 0 Å². The predicted molar refractivity (Wildman–Crippen MR) is 75.9 cm³/mol. The standard InChI is InChI=1S/C13H6ClFN4S/c14-8-4-11-12(17-6-8)19(13(20)18-11)9-1-2-10(15)7(3-9)5-16/h1-4,6H,(H,18,20). The molecule has 0 amide bonds. The van der Waals surface area contributed by atoms with Crippen molar-refractivity contribution in [3.63, 3.8) is 0 Å². The highest BCUT2D eigenvalue weighted by molar-refractivity contribution is 7.71. The van der Waals surface area contributed by atoms with Crippen molar-refractivity contribution < 1.29 is 4.39 Å². The van der Waals surface area contributed by atoms with E-state index in [1.807, 2.05) is 0 Å². The molecule has 0 fully saturated rings. The first-order valence-electron chi connectivity index (χ1n) is 5.56. The summed E-state index contributed by atoms with van der Waals surface area (Å²) < 4.78 is 15.4. The number of rotatable bonds is 1. The normalized spacial score (nSPS) is 10.7. The van der Waals surface area contributed by atoms with Gasteiger partial charge in [-0.1, -0.05) is 11.6 Å². The van der Waals surface area contributed by atoms with Crippen molar-refractivity contribution in [3.8, 4) is 11.8 Å². The van der Waals surface area contributed by atoms with Crippen LogP contribution in [0.25, 0.3) is 16.9 Å². The number of fused-ring (bicyclic) bond motifs is 1. The fraction of sp³-hybridized carbons (Fsp3) is 0. The van der Waals surface area contributed by atoms with Crippen LogP contribution in [-0.4, -0.2) is 14.5 Å². The van der Waals surface area contributed by atoms with Crippen molar-refractivity contribution in [1.82, 2.24) is 14.5 Å². The van der Waals surface area contributed by atoms with E-state index in [0.29, 0.717) is 26.6 Å². The smallest absolute Gasteiger partial charge is 0.183 e. The van der Waals surface area contributed by atoms with Crippen molar-refractivity contribution in [1.29, 1.82) is 5.26 Å². The first-order valence-corrected chi connectivity index (χ1v) is 6.35. The van der Waals surface area contributed by atoms with Crippen LogP contribution in [0.3, 0.4) is 0 Å². The molecule has 0 aliphatic heterocycles. The third-order valence-corrected chi connectivity index (χ3v) is 3.31. The van der Waals surface area contributed by atoms with Gasteiger partial charge in [-0.25, -0.2) is 9.37 Å². The number of H-pyrrole nitrogens is 1. The molecule has 2 aromatic heterocycles. The molecule has 20 heavy (non-hydrogen) atoms. The minimum absolute atomic E-state index is 0.0484. The van der Waals surface area contributed by atoms with Crippen molar-refractivity contribution in [3.05, 3.63) is 51.6 Å². The molecule has 0 aliphatic rings. The summed E-state index contributed by atoms with van der Waals surface area (Å²) in [5, 5.41) is 9.38. The lowest BCUT2D eigenvalue weighted by Crippen LogP contribution is -1.97. The lowest BCUT2D eigenvalue weighted by Gasteiger charge is -2.04. The number of hydrogen-bond acceptors (Lipinski definition) is 3. The first-order chi connectivity index (χ1) is 9.60. The largest absolute Gasteiger partial charge is 0.329 e. The summed E-state index contributed by atoms with van der Waals surface area (Å²) in [5.74, 6) is -0.571. The lowest BCUT2D eigenvalue weighted by atomic mass is 10.2. The van der Waals surface area contributed by atoms with Gasteiger partial charge in [-0.3, -0.25) is 4.57 Å². The highest BCUT2D eigenvalue weighted by Crippen LogP contribution is 2.21. The molecule has 7 heteroatoms. The van der Waals surface area contributed by atoms with E-state index in [0.717, 1.165) is 0 Å². The summed E-state index contributed by atoms with van der Waals surface area (Å²) in [5.41, 5.74) is 1.75. The molecule has 0 atom stereocenters. The lowest BCUT2D eigenvalue weighted by molar-refractivity contribution is 0.623. The van der Waals surface area contributed by atoms with Crippen molar-refractivity contribution in [2.24, 2.45) is 0 Å². The average molecular weight is 305 g/mol. The molecule has 0 unspecified atom stereocenters. The summed E-state index contributed by atoms with van der Waals surface area (Å²) >= 11 is 11.1. The molecule has 0 spiro atoms. The van der Waals surface area contributed by atoms with Gasteiger partial charge in [0.1, 0.15) is 11.9 Å². The molecular weight excluding hydrogens is 299 g/mol. The fourth-order valence-electron chi connectivity index (χ4n) is 1.95. The summed E-state index contributed by atoms with van der Waals surface area (Å²) in [6.07, 6.45) is 1.50. The van der Waals surface area contributed by atoms with Crippen molar-refractivity contribution >= 4 is 35.0 Å². The molecule has 0 saturated heterocycles. The van der Waals surface area contributed by atoms with E-state index in [4.69, 9.17) is 29.1 Å². The van der Waals surface area contributed by atoms with Gasteiger partial charge in [-0.2, -0.15) is 5.26 Å². The second-order valence-electron chi connectivity index (χ2n) is 4.07. The zero-order valence-electron chi connectivity index (χ0n) is 9.89. The van der Waals surface area contributed by atoms with Crippen molar-refractivity contribution in [2.75, 3.05) is 0 Å². The maximum atomic E-state index is 13.4. The van der Waals surface area contributed by atoms with Crippen LogP contribution in [0.15, 0.2) is 30.5 Å². The minimum Gasteiger partial charge on any atom is -0.329 e. The molecule has 0 bridgehead atoms. The van der Waals surface area contributed by atoms with Crippen LogP contribution in [0.1, 0.15) is 5.56 Å². The van der Waals surface area contributed by atoms with Crippen LogP contribution in [0.2, 0.25) is 5.02 Å². The van der Waals surface area contributed by atoms with Gasteiger partial charge in [0.05, 0.1) is 21.8 Å². The first kappa shape index (κ1) is 12.8. The van der Waals surface area contributed by atoms with E-state index in [9.17, 15) is 4.39 Å². The topological polar surface area (TPSA) is 57.4 Å². The fourth-order valence-corrected chi connectivity index (χ4v) is 2.41. The number of aromatic nitrogens is 3. The Kier molecular flexibility index (Phi) is 3.01. The zero-order valence-corrected chi connectivity index (χ0v) is 11.5. The third-order valence-electron chi connectivity index (χ3n) is 2.82. The number of aromatic amines is 1. The second kappa shape index (κ2) is 4.71. The Balaban J connectivity index is 2.33. The van der Waals surface area contributed by atoms with Crippen LogP contribution in [-0.2, 0) is 0 Å².